The summed E-state index contributed by atoms with van der Waals surface area (Å²) in [4.78, 5) is 25.0. The Morgan fingerprint density at radius 1 is 0.846 bits per heavy atom. The molecule has 1 amide bonds. The Morgan fingerprint density at radius 2 is 1.42 bits per heavy atom. The van der Waals surface area contributed by atoms with Gasteiger partial charge in [0.2, 0.25) is 0 Å². The third-order valence-electron chi connectivity index (χ3n) is 4.11. The Labute approximate surface area is 151 Å². The fraction of sp³-hybridized carbons (Fsp3) is 0.0952. The van der Waals surface area contributed by atoms with Gasteiger partial charge >= 0.3 is 0 Å². The fourth-order valence-corrected chi connectivity index (χ4v) is 2.72. The molecule has 0 radical (unpaired) electrons. The number of hydrogen-bond acceptors (Lipinski definition) is 3. The minimum absolute atomic E-state index is 0.0305. The van der Waals surface area contributed by atoms with Crippen molar-refractivity contribution in [3.05, 3.63) is 106 Å². The summed E-state index contributed by atoms with van der Waals surface area (Å²) >= 11 is 0. The zero-order valence-corrected chi connectivity index (χ0v) is 14.1. The Bertz CT molecular complexity index is 878. The zero-order valence-electron chi connectivity index (χ0n) is 14.1. The molecule has 3 aromatic rings. The molecule has 0 aliphatic carbocycles. The zero-order chi connectivity index (χ0) is 18.4. The lowest BCUT2D eigenvalue weighted by molar-refractivity contribution is -0.384. The van der Waals surface area contributed by atoms with E-state index >= 15 is 0 Å². The number of hydrogen-bond donors (Lipinski definition) is 0. The van der Waals surface area contributed by atoms with Crippen molar-refractivity contribution in [3.8, 4) is 0 Å². The molecule has 130 valence electrons. The maximum absolute atomic E-state index is 13.0. The number of carbonyl (C=O) groups is 1. The highest BCUT2D eigenvalue weighted by Gasteiger charge is 2.18. The molecule has 0 saturated heterocycles. The number of nitro groups is 1. The van der Waals surface area contributed by atoms with Crippen molar-refractivity contribution in [2.75, 3.05) is 11.4 Å². The smallest absolute Gasteiger partial charge is 0.269 e. The first-order valence-electron chi connectivity index (χ1n) is 8.30. The van der Waals surface area contributed by atoms with Crippen molar-refractivity contribution >= 4 is 17.3 Å². The number of rotatable bonds is 6. The van der Waals surface area contributed by atoms with E-state index < -0.39 is 4.92 Å². The largest absolute Gasteiger partial charge is 0.308 e. The average molecular weight is 346 g/mol. The number of nitrogens with zero attached hydrogens (tertiary/aromatic N) is 2. The van der Waals surface area contributed by atoms with Crippen LogP contribution in [0.4, 0.5) is 11.4 Å². The minimum Gasteiger partial charge on any atom is -0.308 e. The summed E-state index contributed by atoms with van der Waals surface area (Å²) in [7, 11) is 0. The van der Waals surface area contributed by atoms with Crippen LogP contribution in [-0.4, -0.2) is 17.4 Å². The number of nitro benzene ring substituents is 1. The molecule has 3 rings (SSSR count). The maximum Gasteiger partial charge on any atom is 0.269 e. The van der Waals surface area contributed by atoms with Gasteiger partial charge in [-0.05, 0) is 36.2 Å². The topological polar surface area (TPSA) is 63.4 Å². The molecule has 0 aliphatic rings. The van der Waals surface area contributed by atoms with E-state index in [0.29, 0.717) is 18.5 Å². The van der Waals surface area contributed by atoms with Crippen LogP contribution in [-0.2, 0) is 6.42 Å². The normalized spacial score (nSPS) is 10.3. The summed E-state index contributed by atoms with van der Waals surface area (Å²) in [5.41, 5.74) is 2.33. The van der Waals surface area contributed by atoms with E-state index in [4.69, 9.17) is 0 Å². The quantitative estimate of drug-likeness (QED) is 0.488. The second-order valence-electron chi connectivity index (χ2n) is 5.83. The maximum atomic E-state index is 13.0. The third kappa shape index (κ3) is 4.13. The number of benzene rings is 3. The van der Waals surface area contributed by atoms with Crippen molar-refractivity contribution in [3.63, 3.8) is 0 Å². The predicted molar refractivity (Wildman–Crippen MR) is 101 cm³/mol. The van der Waals surface area contributed by atoms with Crippen LogP contribution in [0.25, 0.3) is 0 Å². The van der Waals surface area contributed by atoms with Gasteiger partial charge in [-0.15, -0.1) is 0 Å². The van der Waals surface area contributed by atoms with Gasteiger partial charge in [0, 0.05) is 29.9 Å². The lowest BCUT2D eigenvalue weighted by atomic mass is 10.1. The van der Waals surface area contributed by atoms with E-state index in [-0.39, 0.29) is 11.6 Å². The van der Waals surface area contributed by atoms with E-state index in [1.54, 1.807) is 4.90 Å². The van der Waals surface area contributed by atoms with Crippen LogP contribution < -0.4 is 4.90 Å². The van der Waals surface area contributed by atoms with Gasteiger partial charge in [0.15, 0.2) is 0 Å². The van der Waals surface area contributed by atoms with Crippen LogP contribution >= 0.6 is 0 Å². The molecule has 0 saturated carbocycles. The van der Waals surface area contributed by atoms with Crippen molar-refractivity contribution in [1.29, 1.82) is 0 Å². The Hall–Kier alpha value is -3.47. The molecule has 0 bridgehead atoms. The number of amides is 1. The molecule has 0 spiro atoms. The summed E-state index contributed by atoms with van der Waals surface area (Å²) in [6.07, 6.45) is 0.717. The number of non-ortho nitro benzene ring substituents is 1. The molecule has 5 heteroatoms. The lowest BCUT2D eigenvalue weighted by Gasteiger charge is -2.23. The van der Waals surface area contributed by atoms with Crippen molar-refractivity contribution in [2.24, 2.45) is 0 Å². The van der Waals surface area contributed by atoms with Gasteiger partial charge in [-0.3, -0.25) is 14.9 Å². The highest BCUT2D eigenvalue weighted by Crippen LogP contribution is 2.19. The van der Waals surface area contributed by atoms with Crippen molar-refractivity contribution < 1.29 is 9.72 Å². The standard InChI is InChI=1S/C21H18N2O3/c24-21(18-11-13-20(14-12-18)23(25)26)22(19-9-5-2-6-10-19)16-15-17-7-3-1-4-8-17/h1-14H,15-16H2. The molecule has 0 heterocycles. The van der Waals surface area contributed by atoms with E-state index in [1.165, 1.54) is 24.3 Å². The molecule has 0 aliphatic heterocycles. The van der Waals surface area contributed by atoms with Gasteiger partial charge in [-0.25, -0.2) is 0 Å². The van der Waals surface area contributed by atoms with Gasteiger partial charge in [0.25, 0.3) is 11.6 Å². The molecule has 0 fully saturated rings. The lowest BCUT2D eigenvalue weighted by Crippen LogP contribution is -2.32. The first-order chi connectivity index (χ1) is 12.6. The molecule has 5 nitrogen and oxygen atoms in total. The van der Waals surface area contributed by atoms with Crippen molar-refractivity contribution in [1.82, 2.24) is 0 Å². The molecule has 0 atom stereocenters. The number of para-hydroxylation sites is 1. The average Bonchev–Trinajstić information content (AvgIpc) is 2.69. The van der Waals surface area contributed by atoms with Crippen LogP contribution in [0.1, 0.15) is 15.9 Å². The van der Waals surface area contributed by atoms with E-state index in [9.17, 15) is 14.9 Å². The summed E-state index contributed by atoms with van der Waals surface area (Å²) in [5.74, 6) is -0.179. The highest BCUT2D eigenvalue weighted by molar-refractivity contribution is 6.06. The van der Waals surface area contributed by atoms with Gasteiger partial charge in [0.05, 0.1) is 4.92 Å². The van der Waals surface area contributed by atoms with E-state index in [1.807, 2.05) is 60.7 Å². The van der Waals surface area contributed by atoms with Crippen molar-refractivity contribution in [2.45, 2.75) is 6.42 Å². The summed E-state index contributed by atoms with van der Waals surface area (Å²) in [5, 5.41) is 10.8. The SMILES string of the molecule is O=C(c1ccc([N+](=O)[O-])cc1)N(CCc1ccccc1)c1ccccc1. The molecule has 3 aromatic carbocycles. The van der Waals surface area contributed by atoms with Crippen LogP contribution in [0, 0.1) is 10.1 Å². The van der Waals surface area contributed by atoms with Crippen LogP contribution in [0.5, 0.6) is 0 Å². The first-order valence-corrected chi connectivity index (χ1v) is 8.30. The van der Waals surface area contributed by atoms with Crippen LogP contribution in [0.2, 0.25) is 0 Å². The monoisotopic (exact) mass is 346 g/mol. The van der Waals surface area contributed by atoms with Crippen LogP contribution in [0.3, 0.4) is 0 Å². The Morgan fingerprint density at radius 3 is 2.00 bits per heavy atom. The predicted octanol–water partition coefficient (Wildman–Crippen LogP) is 4.48. The first kappa shape index (κ1) is 17.4. The molecule has 0 unspecified atom stereocenters. The Balaban J connectivity index is 1.84. The molecule has 0 N–H and O–H groups in total. The van der Waals surface area contributed by atoms with Gasteiger partial charge in [-0.1, -0.05) is 48.5 Å². The fourth-order valence-electron chi connectivity index (χ4n) is 2.72. The Kier molecular flexibility index (Phi) is 5.39. The van der Waals surface area contributed by atoms with E-state index in [0.717, 1.165) is 11.3 Å². The second-order valence-corrected chi connectivity index (χ2v) is 5.83. The molecular formula is C21H18N2O3. The van der Waals surface area contributed by atoms with E-state index in [2.05, 4.69) is 0 Å². The minimum atomic E-state index is -0.474. The summed E-state index contributed by atoms with van der Waals surface area (Å²) < 4.78 is 0. The van der Waals surface area contributed by atoms with Gasteiger partial charge < -0.3 is 4.90 Å². The molecular weight excluding hydrogens is 328 g/mol. The summed E-state index contributed by atoms with van der Waals surface area (Å²) in [6, 6.07) is 25.1. The van der Waals surface area contributed by atoms with Gasteiger partial charge in [0.1, 0.15) is 0 Å². The molecule has 26 heavy (non-hydrogen) atoms. The highest BCUT2D eigenvalue weighted by atomic mass is 16.6. The summed E-state index contributed by atoms with van der Waals surface area (Å²) in [6.45, 7) is 0.518. The second kappa shape index (κ2) is 8.07. The van der Waals surface area contributed by atoms with Gasteiger partial charge in [-0.2, -0.15) is 0 Å². The number of carbonyl (C=O) groups excluding carboxylic acids is 1. The third-order valence-corrected chi connectivity index (χ3v) is 4.11. The van der Waals surface area contributed by atoms with Crippen LogP contribution in [0.15, 0.2) is 84.9 Å². The molecule has 0 aromatic heterocycles. The number of anilines is 1.